The SMILES string of the molecule is C#CCP(C)(=O)OCCC=C. The van der Waals surface area contributed by atoms with Crippen LogP contribution in [0.3, 0.4) is 0 Å². The molecular weight excluding hydrogens is 159 g/mol. The van der Waals surface area contributed by atoms with E-state index in [0.29, 0.717) is 13.0 Å². The van der Waals surface area contributed by atoms with E-state index in [1.807, 2.05) is 0 Å². The number of hydrogen-bond donors (Lipinski definition) is 0. The molecule has 0 aliphatic carbocycles. The Labute approximate surface area is 68.1 Å². The van der Waals surface area contributed by atoms with E-state index < -0.39 is 7.37 Å². The molecule has 0 rings (SSSR count). The van der Waals surface area contributed by atoms with Gasteiger partial charge in [-0.2, -0.15) is 0 Å². The van der Waals surface area contributed by atoms with Gasteiger partial charge in [0.05, 0.1) is 12.8 Å². The molecule has 62 valence electrons. The zero-order chi connectivity index (χ0) is 8.74. The van der Waals surface area contributed by atoms with E-state index in [2.05, 4.69) is 12.5 Å². The molecule has 3 heteroatoms. The second kappa shape index (κ2) is 5.18. The molecule has 0 aliphatic rings. The van der Waals surface area contributed by atoms with Crippen molar-refractivity contribution in [2.24, 2.45) is 0 Å². The lowest BCUT2D eigenvalue weighted by atomic mass is 10.5. The van der Waals surface area contributed by atoms with Crippen LogP contribution in [-0.4, -0.2) is 19.4 Å². The highest BCUT2D eigenvalue weighted by molar-refractivity contribution is 7.58. The van der Waals surface area contributed by atoms with Crippen molar-refractivity contribution in [1.29, 1.82) is 0 Å². The Morgan fingerprint density at radius 3 is 2.91 bits per heavy atom. The zero-order valence-corrected chi connectivity index (χ0v) is 7.64. The molecule has 0 aliphatic heterocycles. The fourth-order valence-electron chi connectivity index (χ4n) is 0.541. The van der Waals surface area contributed by atoms with Gasteiger partial charge in [-0.3, -0.25) is 4.57 Å². The Hall–Kier alpha value is -0.510. The van der Waals surface area contributed by atoms with Gasteiger partial charge in [0, 0.05) is 6.66 Å². The number of rotatable bonds is 5. The maximum Gasteiger partial charge on any atom is 0.211 e. The smallest absolute Gasteiger partial charge is 0.211 e. The van der Waals surface area contributed by atoms with E-state index in [1.54, 1.807) is 12.7 Å². The molecule has 0 aromatic carbocycles. The van der Waals surface area contributed by atoms with Crippen LogP contribution in [0.4, 0.5) is 0 Å². The average Bonchev–Trinajstić information content (AvgIpc) is 1.87. The molecule has 0 heterocycles. The lowest BCUT2D eigenvalue weighted by Gasteiger charge is -2.08. The van der Waals surface area contributed by atoms with Gasteiger partial charge in [-0.15, -0.1) is 13.0 Å². The summed E-state index contributed by atoms with van der Waals surface area (Å²) in [6, 6.07) is 0. The normalized spacial score (nSPS) is 14.9. The van der Waals surface area contributed by atoms with Crippen molar-refractivity contribution >= 4 is 7.37 Å². The lowest BCUT2D eigenvalue weighted by Crippen LogP contribution is -1.93. The molecule has 1 atom stereocenters. The van der Waals surface area contributed by atoms with Crippen LogP contribution in [0.15, 0.2) is 12.7 Å². The van der Waals surface area contributed by atoms with Gasteiger partial charge in [-0.05, 0) is 6.42 Å². The quantitative estimate of drug-likeness (QED) is 0.275. The van der Waals surface area contributed by atoms with Crippen molar-refractivity contribution < 1.29 is 9.09 Å². The summed E-state index contributed by atoms with van der Waals surface area (Å²) >= 11 is 0. The van der Waals surface area contributed by atoms with Gasteiger partial charge in [0.25, 0.3) is 0 Å². The molecule has 0 saturated heterocycles. The summed E-state index contributed by atoms with van der Waals surface area (Å²) in [6.45, 7) is 5.51. The fraction of sp³-hybridized carbons (Fsp3) is 0.500. The molecule has 11 heavy (non-hydrogen) atoms. The predicted octanol–water partition coefficient (Wildman–Crippen LogP) is 2.12. The molecule has 0 bridgehead atoms. The van der Waals surface area contributed by atoms with Crippen molar-refractivity contribution in [1.82, 2.24) is 0 Å². The lowest BCUT2D eigenvalue weighted by molar-refractivity contribution is 0.326. The van der Waals surface area contributed by atoms with Crippen LogP contribution in [-0.2, 0) is 9.09 Å². The van der Waals surface area contributed by atoms with Gasteiger partial charge in [0.15, 0.2) is 0 Å². The van der Waals surface area contributed by atoms with Gasteiger partial charge in [0.2, 0.25) is 7.37 Å². The Kier molecular flexibility index (Phi) is 4.94. The summed E-state index contributed by atoms with van der Waals surface area (Å²) < 4.78 is 16.3. The van der Waals surface area contributed by atoms with Crippen LogP contribution >= 0.6 is 7.37 Å². The first kappa shape index (κ1) is 10.5. The molecule has 0 amide bonds. The molecule has 0 N–H and O–H groups in total. The topological polar surface area (TPSA) is 26.3 Å². The Balaban J connectivity index is 3.66. The standard InChI is InChI=1S/C8H13O2P/c1-4-6-7-10-11(3,9)8-5-2/h2,4H,1,6-8H2,3H3. The van der Waals surface area contributed by atoms with Crippen LogP contribution in [0.5, 0.6) is 0 Å². The van der Waals surface area contributed by atoms with Crippen LogP contribution < -0.4 is 0 Å². The van der Waals surface area contributed by atoms with E-state index in [4.69, 9.17) is 10.9 Å². The third kappa shape index (κ3) is 5.91. The van der Waals surface area contributed by atoms with Crippen LogP contribution in [0.2, 0.25) is 0 Å². The molecule has 0 aromatic heterocycles. The molecule has 0 aromatic rings. The maximum atomic E-state index is 11.3. The summed E-state index contributed by atoms with van der Waals surface area (Å²) in [5.74, 6) is 2.32. The third-order valence-electron chi connectivity index (χ3n) is 1.06. The summed E-state index contributed by atoms with van der Waals surface area (Å²) in [4.78, 5) is 0. The number of hydrogen-bond acceptors (Lipinski definition) is 2. The minimum atomic E-state index is -2.51. The summed E-state index contributed by atoms with van der Waals surface area (Å²) in [5, 5.41) is 0. The Morgan fingerprint density at radius 2 is 2.45 bits per heavy atom. The molecule has 0 spiro atoms. The predicted molar refractivity (Wildman–Crippen MR) is 48.0 cm³/mol. The zero-order valence-electron chi connectivity index (χ0n) is 6.75. The first-order valence-corrected chi connectivity index (χ1v) is 5.63. The highest BCUT2D eigenvalue weighted by Gasteiger charge is 2.12. The van der Waals surface area contributed by atoms with Crippen molar-refractivity contribution in [3.63, 3.8) is 0 Å². The second-order valence-electron chi connectivity index (χ2n) is 2.29. The van der Waals surface area contributed by atoms with E-state index in [9.17, 15) is 4.57 Å². The van der Waals surface area contributed by atoms with Gasteiger partial charge >= 0.3 is 0 Å². The van der Waals surface area contributed by atoms with Crippen molar-refractivity contribution in [3.05, 3.63) is 12.7 Å². The van der Waals surface area contributed by atoms with Crippen molar-refractivity contribution in [3.8, 4) is 12.3 Å². The summed E-state index contributed by atoms with van der Waals surface area (Å²) in [5.41, 5.74) is 0. The number of terminal acetylenes is 1. The second-order valence-corrected chi connectivity index (χ2v) is 4.89. The molecule has 0 saturated carbocycles. The maximum absolute atomic E-state index is 11.3. The first-order valence-electron chi connectivity index (χ1n) is 3.38. The first-order chi connectivity index (χ1) is 5.12. The highest BCUT2D eigenvalue weighted by atomic mass is 31.2. The molecule has 2 nitrogen and oxygen atoms in total. The van der Waals surface area contributed by atoms with Crippen molar-refractivity contribution in [2.75, 3.05) is 19.4 Å². The largest absolute Gasteiger partial charge is 0.328 e. The molecule has 1 unspecified atom stereocenters. The molecule has 0 fully saturated rings. The summed E-state index contributed by atoms with van der Waals surface area (Å²) in [6.07, 6.45) is 7.64. The monoisotopic (exact) mass is 172 g/mol. The minimum Gasteiger partial charge on any atom is -0.328 e. The Bertz CT molecular complexity index is 203. The minimum absolute atomic E-state index is 0.212. The van der Waals surface area contributed by atoms with Crippen LogP contribution in [0, 0.1) is 12.3 Å². The van der Waals surface area contributed by atoms with Gasteiger partial charge < -0.3 is 4.52 Å². The van der Waals surface area contributed by atoms with Crippen LogP contribution in [0.1, 0.15) is 6.42 Å². The molecular formula is C8H13O2P. The third-order valence-corrected chi connectivity index (χ3v) is 2.55. The van der Waals surface area contributed by atoms with Gasteiger partial charge in [-0.25, -0.2) is 0 Å². The van der Waals surface area contributed by atoms with Crippen LogP contribution in [0.25, 0.3) is 0 Å². The van der Waals surface area contributed by atoms with Gasteiger partial charge in [0.1, 0.15) is 0 Å². The van der Waals surface area contributed by atoms with E-state index >= 15 is 0 Å². The van der Waals surface area contributed by atoms with E-state index in [1.165, 1.54) is 0 Å². The highest BCUT2D eigenvalue weighted by Crippen LogP contribution is 2.41. The fourth-order valence-corrected chi connectivity index (χ4v) is 1.46. The Morgan fingerprint density at radius 1 is 1.82 bits per heavy atom. The van der Waals surface area contributed by atoms with Crippen molar-refractivity contribution in [2.45, 2.75) is 6.42 Å². The molecule has 0 radical (unpaired) electrons. The summed E-state index contributed by atoms with van der Waals surface area (Å²) in [7, 11) is -2.51. The van der Waals surface area contributed by atoms with E-state index in [0.717, 1.165) is 0 Å². The van der Waals surface area contributed by atoms with E-state index in [-0.39, 0.29) is 6.16 Å². The van der Waals surface area contributed by atoms with Gasteiger partial charge in [-0.1, -0.05) is 12.0 Å². The average molecular weight is 172 g/mol.